The van der Waals surface area contributed by atoms with E-state index >= 15 is 0 Å². The van der Waals surface area contributed by atoms with Crippen molar-refractivity contribution in [2.24, 2.45) is 11.8 Å². The number of benzene rings is 1. The SMILES string of the molecule is CC(C)(C)OC(=O)N1CC[C@H](CO)[C@@H](CO)C1c1ccc(F)cc1. The summed E-state index contributed by atoms with van der Waals surface area (Å²) in [4.78, 5) is 14.2. The van der Waals surface area contributed by atoms with Crippen molar-refractivity contribution < 1.29 is 24.1 Å². The lowest BCUT2D eigenvalue weighted by Gasteiger charge is -2.44. The van der Waals surface area contributed by atoms with Crippen molar-refractivity contribution in [2.75, 3.05) is 19.8 Å². The quantitative estimate of drug-likeness (QED) is 0.888. The summed E-state index contributed by atoms with van der Waals surface area (Å²) in [6, 6.07) is 5.43. The fraction of sp³-hybridized carbons (Fsp3) is 0.611. The highest BCUT2D eigenvalue weighted by Crippen LogP contribution is 2.40. The Labute approximate surface area is 142 Å². The first-order valence-corrected chi connectivity index (χ1v) is 8.23. The molecular weight excluding hydrogens is 313 g/mol. The van der Waals surface area contributed by atoms with Crippen LogP contribution < -0.4 is 0 Å². The Bertz CT molecular complexity index is 555. The zero-order chi connectivity index (χ0) is 17.9. The molecule has 1 unspecified atom stereocenters. The Balaban J connectivity index is 2.36. The Kier molecular flexibility index (Phi) is 5.83. The van der Waals surface area contributed by atoms with Crippen LogP contribution in [0.25, 0.3) is 0 Å². The van der Waals surface area contributed by atoms with Crippen molar-refractivity contribution in [3.05, 3.63) is 35.6 Å². The molecule has 134 valence electrons. The van der Waals surface area contributed by atoms with Crippen LogP contribution in [0.5, 0.6) is 0 Å². The molecule has 1 amide bonds. The van der Waals surface area contributed by atoms with Crippen molar-refractivity contribution in [1.82, 2.24) is 4.90 Å². The summed E-state index contributed by atoms with van der Waals surface area (Å²) in [6.07, 6.45) is 0.116. The van der Waals surface area contributed by atoms with Crippen molar-refractivity contribution in [2.45, 2.75) is 38.8 Å². The Hall–Kier alpha value is -1.66. The third-order valence-electron chi connectivity index (χ3n) is 4.37. The van der Waals surface area contributed by atoms with Gasteiger partial charge < -0.3 is 19.8 Å². The van der Waals surface area contributed by atoms with Crippen LogP contribution in [0.4, 0.5) is 9.18 Å². The molecule has 1 aliphatic rings. The molecule has 0 aliphatic carbocycles. The summed E-state index contributed by atoms with van der Waals surface area (Å²) in [5, 5.41) is 19.5. The van der Waals surface area contributed by atoms with Gasteiger partial charge in [-0.1, -0.05) is 12.1 Å². The average Bonchev–Trinajstić information content (AvgIpc) is 2.52. The van der Waals surface area contributed by atoms with E-state index in [1.165, 1.54) is 12.1 Å². The number of piperidine rings is 1. The number of carbonyl (C=O) groups is 1. The monoisotopic (exact) mass is 339 g/mol. The third-order valence-corrected chi connectivity index (χ3v) is 4.37. The van der Waals surface area contributed by atoms with E-state index in [2.05, 4.69) is 0 Å². The van der Waals surface area contributed by atoms with Gasteiger partial charge in [0.2, 0.25) is 0 Å². The van der Waals surface area contributed by atoms with Gasteiger partial charge in [-0.3, -0.25) is 0 Å². The largest absolute Gasteiger partial charge is 0.444 e. The van der Waals surface area contributed by atoms with Gasteiger partial charge in [-0.15, -0.1) is 0 Å². The van der Waals surface area contributed by atoms with Gasteiger partial charge in [0.05, 0.1) is 6.04 Å². The highest BCUT2D eigenvalue weighted by Gasteiger charge is 2.41. The smallest absolute Gasteiger partial charge is 0.410 e. The molecule has 0 bridgehead atoms. The molecular formula is C18H26FNO4. The van der Waals surface area contributed by atoms with Gasteiger partial charge in [-0.25, -0.2) is 9.18 Å². The third kappa shape index (κ3) is 4.24. The number of nitrogens with zero attached hydrogens (tertiary/aromatic N) is 1. The lowest BCUT2D eigenvalue weighted by atomic mass is 9.77. The molecule has 6 heteroatoms. The summed E-state index contributed by atoms with van der Waals surface area (Å²) >= 11 is 0. The van der Waals surface area contributed by atoms with Gasteiger partial charge >= 0.3 is 6.09 Å². The van der Waals surface area contributed by atoms with Gasteiger partial charge in [-0.05, 0) is 50.8 Å². The minimum Gasteiger partial charge on any atom is -0.444 e. The lowest BCUT2D eigenvalue weighted by Crippen LogP contribution is -2.49. The number of hydrogen-bond acceptors (Lipinski definition) is 4. The molecule has 3 atom stereocenters. The standard InChI is InChI=1S/C18H26FNO4/c1-18(2,3)24-17(23)20-9-8-13(10-21)15(11-22)16(20)12-4-6-14(19)7-5-12/h4-7,13,15-16,21-22H,8-11H2,1-3H3/t13-,15-,16?/m1/s1. The number of rotatable bonds is 3. The normalized spacial score (nSPS) is 24.8. The van der Waals surface area contributed by atoms with Crippen LogP contribution in [0, 0.1) is 17.7 Å². The zero-order valence-electron chi connectivity index (χ0n) is 14.4. The summed E-state index contributed by atoms with van der Waals surface area (Å²) in [5.41, 5.74) is 0.0897. The van der Waals surface area contributed by atoms with E-state index in [4.69, 9.17) is 4.74 Å². The molecule has 1 aromatic rings. The van der Waals surface area contributed by atoms with Crippen LogP contribution in [0.1, 0.15) is 38.8 Å². The van der Waals surface area contributed by atoms with E-state index < -0.39 is 17.7 Å². The van der Waals surface area contributed by atoms with E-state index in [1.54, 1.807) is 37.8 Å². The Morgan fingerprint density at radius 2 is 1.88 bits per heavy atom. The summed E-state index contributed by atoms with van der Waals surface area (Å²) in [6.45, 7) is 5.56. The fourth-order valence-corrected chi connectivity index (χ4v) is 3.24. The van der Waals surface area contributed by atoms with Crippen LogP contribution >= 0.6 is 0 Å². The van der Waals surface area contributed by atoms with Gasteiger partial charge in [0.25, 0.3) is 0 Å². The number of ether oxygens (including phenoxy) is 1. The second-order valence-corrected chi connectivity index (χ2v) is 7.25. The topological polar surface area (TPSA) is 70.0 Å². The minimum absolute atomic E-state index is 0.0644. The first-order chi connectivity index (χ1) is 11.3. The first kappa shape index (κ1) is 18.7. The van der Waals surface area contributed by atoms with Crippen LogP contribution in [0.2, 0.25) is 0 Å². The molecule has 0 spiro atoms. The van der Waals surface area contributed by atoms with Crippen LogP contribution in [0.15, 0.2) is 24.3 Å². The number of aliphatic hydroxyl groups is 2. The molecule has 2 N–H and O–H groups in total. The van der Waals surface area contributed by atoms with Crippen molar-refractivity contribution in [3.63, 3.8) is 0 Å². The predicted molar refractivity (Wildman–Crippen MR) is 87.8 cm³/mol. The molecule has 2 rings (SSSR count). The maximum atomic E-state index is 13.3. The van der Waals surface area contributed by atoms with Crippen LogP contribution in [0.3, 0.4) is 0 Å². The minimum atomic E-state index is -0.632. The number of carbonyl (C=O) groups excluding carboxylic acids is 1. The van der Waals surface area contributed by atoms with Crippen molar-refractivity contribution in [1.29, 1.82) is 0 Å². The maximum Gasteiger partial charge on any atom is 0.410 e. The molecule has 1 aromatic carbocycles. The molecule has 5 nitrogen and oxygen atoms in total. The van der Waals surface area contributed by atoms with E-state index in [0.29, 0.717) is 13.0 Å². The predicted octanol–water partition coefficient (Wildman–Crippen LogP) is 2.72. The van der Waals surface area contributed by atoms with Gasteiger partial charge in [-0.2, -0.15) is 0 Å². The molecule has 0 saturated carbocycles. The average molecular weight is 339 g/mol. The maximum absolute atomic E-state index is 13.3. The van der Waals surface area contributed by atoms with Crippen LogP contribution in [-0.4, -0.2) is 46.6 Å². The van der Waals surface area contributed by atoms with E-state index in [0.717, 1.165) is 5.56 Å². The second-order valence-electron chi connectivity index (χ2n) is 7.25. The molecule has 0 radical (unpaired) electrons. The summed E-state index contributed by atoms with van der Waals surface area (Å²) < 4.78 is 18.7. The lowest BCUT2D eigenvalue weighted by molar-refractivity contribution is -0.0318. The van der Waals surface area contributed by atoms with Gasteiger partial charge in [0.15, 0.2) is 0 Å². The number of amides is 1. The molecule has 0 aromatic heterocycles. The van der Waals surface area contributed by atoms with E-state index in [9.17, 15) is 19.4 Å². The Morgan fingerprint density at radius 3 is 2.38 bits per heavy atom. The molecule has 1 saturated heterocycles. The number of halogens is 1. The molecule has 1 heterocycles. The number of likely N-dealkylation sites (tertiary alicyclic amines) is 1. The first-order valence-electron chi connectivity index (χ1n) is 8.23. The number of aliphatic hydroxyl groups excluding tert-OH is 2. The van der Waals surface area contributed by atoms with Gasteiger partial charge in [0.1, 0.15) is 11.4 Å². The highest BCUT2D eigenvalue weighted by atomic mass is 19.1. The fourth-order valence-electron chi connectivity index (χ4n) is 3.24. The van der Waals surface area contributed by atoms with E-state index in [1.807, 2.05) is 0 Å². The molecule has 24 heavy (non-hydrogen) atoms. The van der Waals surface area contributed by atoms with Gasteiger partial charge in [0, 0.05) is 25.7 Å². The Morgan fingerprint density at radius 1 is 1.25 bits per heavy atom. The number of hydrogen-bond donors (Lipinski definition) is 2. The molecule has 1 fully saturated rings. The van der Waals surface area contributed by atoms with Crippen molar-refractivity contribution >= 4 is 6.09 Å². The van der Waals surface area contributed by atoms with Crippen LogP contribution in [-0.2, 0) is 4.74 Å². The summed E-state index contributed by atoms with van der Waals surface area (Å²) in [5.74, 6) is -0.817. The van der Waals surface area contributed by atoms with Crippen molar-refractivity contribution in [3.8, 4) is 0 Å². The highest BCUT2D eigenvalue weighted by molar-refractivity contribution is 5.69. The second kappa shape index (κ2) is 7.49. The molecule has 1 aliphatic heterocycles. The summed E-state index contributed by atoms with van der Waals surface area (Å²) in [7, 11) is 0. The zero-order valence-corrected chi connectivity index (χ0v) is 14.4. The van der Waals surface area contributed by atoms with E-state index in [-0.39, 0.29) is 30.9 Å².